The number of allylic oxidation sites excluding steroid dienone is 1. The lowest BCUT2D eigenvalue weighted by Crippen LogP contribution is -2.24. The SMILES string of the molecule is C=CCCCCNC(=O)c1ccc(C)cc1. The fraction of sp³-hybridized carbons (Fsp3) is 0.357. The minimum atomic E-state index is 0.0126. The van der Waals surface area contributed by atoms with Crippen LogP contribution in [-0.4, -0.2) is 12.5 Å². The van der Waals surface area contributed by atoms with Crippen molar-refractivity contribution in [3.63, 3.8) is 0 Å². The topological polar surface area (TPSA) is 29.1 Å². The molecule has 1 N–H and O–H groups in total. The van der Waals surface area contributed by atoms with E-state index in [0.717, 1.165) is 31.4 Å². The zero-order valence-electron chi connectivity index (χ0n) is 9.83. The second-order valence-electron chi connectivity index (χ2n) is 3.91. The number of nitrogens with one attached hydrogen (secondary N) is 1. The van der Waals surface area contributed by atoms with E-state index >= 15 is 0 Å². The third-order valence-corrected chi connectivity index (χ3v) is 2.43. The van der Waals surface area contributed by atoms with E-state index in [0.29, 0.717) is 0 Å². The van der Waals surface area contributed by atoms with Gasteiger partial charge in [-0.3, -0.25) is 4.79 Å². The van der Waals surface area contributed by atoms with E-state index in [2.05, 4.69) is 11.9 Å². The largest absolute Gasteiger partial charge is 0.352 e. The Balaban J connectivity index is 2.29. The van der Waals surface area contributed by atoms with Gasteiger partial charge in [0.25, 0.3) is 5.91 Å². The number of rotatable bonds is 6. The van der Waals surface area contributed by atoms with Gasteiger partial charge in [-0.1, -0.05) is 23.8 Å². The Hall–Kier alpha value is -1.57. The van der Waals surface area contributed by atoms with Crippen molar-refractivity contribution in [1.82, 2.24) is 5.32 Å². The first-order valence-electron chi connectivity index (χ1n) is 5.70. The molecular weight excluding hydrogens is 198 g/mol. The molecule has 0 saturated heterocycles. The maximum atomic E-state index is 11.7. The molecule has 0 saturated carbocycles. The molecule has 0 heterocycles. The fourth-order valence-electron chi connectivity index (χ4n) is 1.42. The summed E-state index contributed by atoms with van der Waals surface area (Å²) in [6.07, 6.45) is 5.00. The quantitative estimate of drug-likeness (QED) is 0.576. The van der Waals surface area contributed by atoms with Gasteiger partial charge in [-0.2, -0.15) is 0 Å². The van der Waals surface area contributed by atoms with Gasteiger partial charge in [-0.25, -0.2) is 0 Å². The zero-order chi connectivity index (χ0) is 11.8. The molecule has 1 aromatic carbocycles. The highest BCUT2D eigenvalue weighted by Crippen LogP contribution is 2.03. The summed E-state index contributed by atoms with van der Waals surface area (Å²) in [5.74, 6) is 0.0126. The molecule has 0 unspecified atom stereocenters. The van der Waals surface area contributed by atoms with Gasteiger partial charge in [0.2, 0.25) is 0 Å². The van der Waals surface area contributed by atoms with Crippen LogP contribution in [0.1, 0.15) is 35.2 Å². The molecule has 0 bridgehead atoms. The van der Waals surface area contributed by atoms with Crippen molar-refractivity contribution in [2.75, 3.05) is 6.54 Å². The molecule has 2 heteroatoms. The van der Waals surface area contributed by atoms with E-state index < -0.39 is 0 Å². The first kappa shape index (κ1) is 12.5. The van der Waals surface area contributed by atoms with Crippen LogP contribution in [0.15, 0.2) is 36.9 Å². The van der Waals surface area contributed by atoms with E-state index in [4.69, 9.17) is 0 Å². The second kappa shape index (κ2) is 6.83. The van der Waals surface area contributed by atoms with Crippen molar-refractivity contribution in [3.05, 3.63) is 48.0 Å². The van der Waals surface area contributed by atoms with Crippen molar-refractivity contribution in [3.8, 4) is 0 Å². The zero-order valence-corrected chi connectivity index (χ0v) is 9.83. The van der Waals surface area contributed by atoms with E-state index in [1.807, 2.05) is 37.3 Å². The average molecular weight is 217 g/mol. The number of hydrogen-bond acceptors (Lipinski definition) is 1. The highest BCUT2D eigenvalue weighted by molar-refractivity contribution is 5.94. The minimum absolute atomic E-state index is 0.0126. The van der Waals surface area contributed by atoms with Gasteiger partial charge in [0, 0.05) is 12.1 Å². The Morgan fingerprint density at radius 2 is 2.00 bits per heavy atom. The molecule has 0 spiro atoms. The summed E-state index contributed by atoms with van der Waals surface area (Å²) in [5.41, 5.74) is 1.90. The minimum Gasteiger partial charge on any atom is -0.352 e. The van der Waals surface area contributed by atoms with Crippen LogP contribution in [0.25, 0.3) is 0 Å². The Bertz CT molecular complexity index is 340. The van der Waals surface area contributed by atoms with Crippen molar-refractivity contribution >= 4 is 5.91 Å². The van der Waals surface area contributed by atoms with Crippen LogP contribution in [0.4, 0.5) is 0 Å². The number of hydrogen-bond donors (Lipinski definition) is 1. The lowest BCUT2D eigenvalue weighted by Gasteiger charge is -2.04. The molecule has 0 fully saturated rings. The second-order valence-corrected chi connectivity index (χ2v) is 3.91. The fourth-order valence-corrected chi connectivity index (χ4v) is 1.42. The van der Waals surface area contributed by atoms with Crippen molar-refractivity contribution in [2.45, 2.75) is 26.2 Å². The monoisotopic (exact) mass is 217 g/mol. The van der Waals surface area contributed by atoms with Crippen molar-refractivity contribution in [2.24, 2.45) is 0 Å². The predicted molar refractivity (Wildman–Crippen MR) is 67.6 cm³/mol. The van der Waals surface area contributed by atoms with Crippen LogP contribution in [0.5, 0.6) is 0 Å². The summed E-state index contributed by atoms with van der Waals surface area (Å²) in [7, 11) is 0. The summed E-state index contributed by atoms with van der Waals surface area (Å²) >= 11 is 0. The third kappa shape index (κ3) is 4.30. The highest BCUT2D eigenvalue weighted by Gasteiger charge is 2.02. The lowest BCUT2D eigenvalue weighted by molar-refractivity contribution is 0.0953. The molecule has 1 aromatic rings. The smallest absolute Gasteiger partial charge is 0.251 e. The molecule has 0 aliphatic rings. The van der Waals surface area contributed by atoms with Gasteiger partial charge < -0.3 is 5.32 Å². The number of benzene rings is 1. The van der Waals surface area contributed by atoms with Gasteiger partial charge in [0.1, 0.15) is 0 Å². The van der Waals surface area contributed by atoms with Gasteiger partial charge in [-0.15, -0.1) is 6.58 Å². The molecule has 2 nitrogen and oxygen atoms in total. The van der Waals surface area contributed by atoms with E-state index in [1.165, 1.54) is 5.56 Å². The summed E-state index contributed by atoms with van der Waals surface area (Å²) in [6.45, 7) is 6.41. The number of carbonyl (C=O) groups is 1. The van der Waals surface area contributed by atoms with Gasteiger partial charge >= 0.3 is 0 Å². The summed E-state index contributed by atoms with van der Waals surface area (Å²) in [5, 5.41) is 2.90. The van der Waals surface area contributed by atoms with Gasteiger partial charge in [-0.05, 0) is 38.3 Å². The summed E-state index contributed by atoms with van der Waals surface area (Å²) in [6, 6.07) is 7.61. The Kier molecular flexibility index (Phi) is 5.34. The van der Waals surface area contributed by atoms with Crippen LogP contribution in [0.3, 0.4) is 0 Å². The molecule has 1 amide bonds. The summed E-state index contributed by atoms with van der Waals surface area (Å²) in [4.78, 5) is 11.7. The molecule has 1 rings (SSSR count). The van der Waals surface area contributed by atoms with Crippen molar-refractivity contribution in [1.29, 1.82) is 0 Å². The van der Waals surface area contributed by atoms with Gasteiger partial charge in [0.05, 0.1) is 0 Å². The molecule has 0 radical (unpaired) electrons. The standard InChI is InChI=1S/C14H19NO/c1-3-4-5-6-11-15-14(16)13-9-7-12(2)8-10-13/h3,7-10H,1,4-6,11H2,2H3,(H,15,16). The number of unbranched alkanes of at least 4 members (excludes halogenated alkanes) is 2. The number of amides is 1. The van der Waals surface area contributed by atoms with Crippen LogP contribution >= 0.6 is 0 Å². The molecule has 0 aliphatic carbocycles. The van der Waals surface area contributed by atoms with Gasteiger partial charge in [0.15, 0.2) is 0 Å². The molecule has 16 heavy (non-hydrogen) atoms. The molecule has 0 aliphatic heterocycles. The first-order chi connectivity index (χ1) is 7.74. The first-order valence-corrected chi connectivity index (χ1v) is 5.70. The summed E-state index contributed by atoms with van der Waals surface area (Å²) < 4.78 is 0. The van der Waals surface area contributed by atoms with Crippen molar-refractivity contribution < 1.29 is 4.79 Å². The highest BCUT2D eigenvalue weighted by atomic mass is 16.1. The lowest BCUT2D eigenvalue weighted by atomic mass is 10.1. The molecule has 0 atom stereocenters. The van der Waals surface area contributed by atoms with E-state index in [9.17, 15) is 4.79 Å². The maximum absolute atomic E-state index is 11.7. The molecular formula is C14H19NO. The van der Waals surface area contributed by atoms with Crippen LogP contribution in [0.2, 0.25) is 0 Å². The molecule has 0 aromatic heterocycles. The Morgan fingerprint density at radius 1 is 1.31 bits per heavy atom. The Morgan fingerprint density at radius 3 is 2.62 bits per heavy atom. The third-order valence-electron chi connectivity index (χ3n) is 2.43. The van der Waals surface area contributed by atoms with E-state index in [1.54, 1.807) is 0 Å². The van der Waals surface area contributed by atoms with Crippen LogP contribution in [0, 0.1) is 6.92 Å². The van der Waals surface area contributed by atoms with Crippen LogP contribution < -0.4 is 5.32 Å². The number of carbonyl (C=O) groups excluding carboxylic acids is 1. The average Bonchev–Trinajstić information content (AvgIpc) is 2.29. The molecule has 86 valence electrons. The number of aryl methyl sites for hydroxylation is 1. The normalized spacial score (nSPS) is 9.81. The van der Waals surface area contributed by atoms with Crippen LogP contribution in [-0.2, 0) is 0 Å². The maximum Gasteiger partial charge on any atom is 0.251 e. The Labute approximate surface area is 97.4 Å². The predicted octanol–water partition coefficient (Wildman–Crippen LogP) is 3.08. The van der Waals surface area contributed by atoms with E-state index in [-0.39, 0.29) is 5.91 Å².